The number of fused-ring (bicyclic) bond motifs is 1. The van der Waals surface area contributed by atoms with Crippen molar-refractivity contribution in [2.24, 2.45) is 0 Å². The van der Waals surface area contributed by atoms with Crippen molar-refractivity contribution in [1.82, 2.24) is 10.2 Å². The molecule has 0 radical (unpaired) electrons. The zero-order valence-electron chi connectivity index (χ0n) is 16.5. The first-order valence-electron chi connectivity index (χ1n) is 10.0. The number of nitrogens with one attached hydrogen (secondary N) is 1. The summed E-state index contributed by atoms with van der Waals surface area (Å²) in [7, 11) is 0. The van der Waals surface area contributed by atoms with Gasteiger partial charge in [0.05, 0.1) is 6.04 Å². The standard InChI is InChI=1S/C24H25ClN2O2S/c25-19-8-6-16(7-9-19)10-12-26-24(30)27-13-11-18-14-21(28)22(29)15-20(18)23(27)17-4-2-1-3-5-17/h1-9,14-15,23-24,26,28-30H,10-13H2. The van der Waals surface area contributed by atoms with Gasteiger partial charge >= 0.3 is 0 Å². The Balaban J connectivity index is 1.54. The summed E-state index contributed by atoms with van der Waals surface area (Å²) >= 11 is 10.8. The monoisotopic (exact) mass is 440 g/mol. The fourth-order valence-electron chi connectivity index (χ4n) is 4.05. The molecule has 0 fully saturated rings. The zero-order valence-corrected chi connectivity index (χ0v) is 18.2. The highest BCUT2D eigenvalue weighted by Crippen LogP contribution is 2.41. The summed E-state index contributed by atoms with van der Waals surface area (Å²) in [4.78, 5) is 2.29. The van der Waals surface area contributed by atoms with Crippen LogP contribution in [0.3, 0.4) is 0 Å². The van der Waals surface area contributed by atoms with E-state index >= 15 is 0 Å². The highest BCUT2D eigenvalue weighted by Gasteiger charge is 2.32. The Morgan fingerprint density at radius 2 is 1.73 bits per heavy atom. The molecular formula is C24H25ClN2O2S. The van der Waals surface area contributed by atoms with Gasteiger partial charge in [-0.05, 0) is 59.4 Å². The lowest BCUT2D eigenvalue weighted by Crippen LogP contribution is -2.48. The normalized spacial score (nSPS) is 17.5. The molecule has 0 saturated carbocycles. The number of halogens is 1. The molecule has 4 rings (SSSR count). The molecule has 156 valence electrons. The molecule has 0 bridgehead atoms. The quantitative estimate of drug-likeness (QED) is 0.254. The lowest BCUT2D eigenvalue weighted by Gasteiger charge is -2.41. The summed E-state index contributed by atoms with van der Waals surface area (Å²) in [5.74, 6) is -0.166. The van der Waals surface area contributed by atoms with Crippen LogP contribution in [0.4, 0.5) is 0 Å². The molecule has 0 saturated heterocycles. The van der Waals surface area contributed by atoms with Crippen LogP contribution in [-0.4, -0.2) is 33.7 Å². The van der Waals surface area contributed by atoms with Crippen LogP contribution in [0, 0.1) is 0 Å². The van der Waals surface area contributed by atoms with Crippen molar-refractivity contribution in [1.29, 1.82) is 0 Å². The second-order valence-electron chi connectivity index (χ2n) is 7.55. The summed E-state index contributed by atoms with van der Waals surface area (Å²) in [6.07, 6.45) is 1.66. The second kappa shape index (κ2) is 9.31. The number of thiol groups is 1. The Labute approximate surface area is 187 Å². The minimum atomic E-state index is -0.161. The van der Waals surface area contributed by atoms with Crippen LogP contribution >= 0.6 is 24.2 Å². The Bertz CT molecular complexity index is 998. The average molecular weight is 441 g/mol. The first-order chi connectivity index (χ1) is 14.5. The fraction of sp³-hybridized carbons (Fsp3) is 0.250. The largest absolute Gasteiger partial charge is 0.504 e. The van der Waals surface area contributed by atoms with Crippen molar-refractivity contribution in [3.63, 3.8) is 0 Å². The molecule has 1 aliphatic heterocycles. The minimum Gasteiger partial charge on any atom is -0.504 e. The predicted octanol–water partition coefficient (Wildman–Crippen LogP) is 4.74. The molecule has 0 spiro atoms. The van der Waals surface area contributed by atoms with Crippen molar-refractivity contribution in [2.75, 3.05) is 13.1 Å². The third kappa shape index (κ3) is 4.60. The van der Waals surface area contributed by atoms with Crippen LogP contribution < -0.4 is 5.32 Å². The molecule has 2 atom stereocenters. The number of aromatic hydroxyl groups is 2. The van der Waals surface area contributed by atoms with Crippen molar-refractivity contribution in [3.05, 3.63) is 94.0 Å². The smallest absolute Gasteiger partial charge is 0.157 e. The molecule has 3 aromatic rings. The summed E-state index contributed by atoms with van der Waals surface area (Å²) in [6.45, 7) is 1.57. The minimum absolute atomic E-state index is 0.0630. The number of rotatable bonds is 6. The van der Waals surface area contributed by atoms with E-state index in [1.54, 1.807) is 12.1 Å². The van der Waals surface area contributed by atoms with Crippen LogP contribution in [-0.2, 0) is 12.8 Å². The second-order valence-corrected chi connectivity index (χ2v) is 8.47. The Morgan fingerprint density at radius 1 is 1.03 bits per heavy atom. The van der Waals surface area contributed by atoms with Gasteiger partial charge in [-0.1, -0.05) is 54.1 Å². The highest BCUT2D eigenvalue weighted by atomic mass is 35.5. The van der Waals surface area contributed by atoms with Gasteiger partial charge in [0.25, 0.3) is 0 Å². The molecule has 3 aromatic carbocycles. The number of hydrogen-bond acceptors (Lipinski definition) is 5. The van der Waals surface area contributed by atoms with Crippen molar-refractivity contribution in [2.45, 2.75) is 24.4 Å². The van der Waals surface area contributed by atoms with Crippen molar-refractivity contribution >= 4 is 24.2 Å². The Kier molecular flexibility index (Phi) is 6.54. The van der Waals surface area contributed by atoms with Gasteiger partial charge in [-0.2, -0.15) is 0 Å². The number of nitrogens with zero attached hydrogens (tertiary/aromatic N) is 1. The van der Waals surface area contributed by atoms with Gasteiger partial charge in [0.2, 0.25) is 0 Å². The maximum absolute atomic E-state index is 10.1. The molecule has 2 unspecified atom stereocenters. The molecule has 6 heteroatoms. The number of benzene rings is 3. The van der Waals surface area contributed by atoms with E-state index in [1.165, 1.54) is 5.56 Å². The van der Waals surface area contributed by atoms with E-state index in [1.807, 2.05) is 42.5 Å². The van der Waals surface area contributed by atoms with E-state index in [0.29, 0.717) is 0 Å². The molecular weight excluding hydrogens is 416 g/mol. The van der Waals surface area contributed by atoms with E-state index in [-0.39, 0.29) is 23.0 Å². The van der Waals surface area contributed by atoms with Crippen LogP contribution in [0.15, 0.2) is 66.7 Å². The van der Waals surface area contributed by atoms with Gasteiger partial charge in [-0.25, -0.2) is 0 Å². The highest BCUT2D eigenvalue weighted by molar-refractivity contribution is 7.80. The summed E-state index contributed by atoms with van der Waals surface area (Å²) in [5.41, 5.74) is 4.24. The van der Waals surface area contributed by atoms with E-state index in [9.17, 15) is 10.2 Å². The van der Waals surface area contributed by atoms with Gasteiger partial charge < -0.3 is 10.2 Å². The van der Waals surface area contributed by atoms with Gasteiger partial charge in [0.15, 0.2) is 11.5 Å². The SMILES string of the molecule is Oc1cc2c(cc1O)C(c1ccccc1)N(C(S)NCCc1ccc(Cl)cc1)CC2. The number of phenolic OH excluding ortho intramolecular Hbond substituents is 2. The summed E-state index contributed by atoms with van der Waals surface area (Å²) in [5, 5.41) is 24.3. The Hall–Kier alpha value is -2.18. The zero-order chi connectivity index (χ0) is 21.1. The maximum atomic E-state index is 10.1. The van der Waals surface area contributed by atoms with Crippen molar-refractivity contribution < 1.29 is 10.2 Å². The van der Waals surface area contributed by atoms with Gasteiger partial charge in [0.1, 0.15) is 5.50 Å². The van der Waals surface area contributed by atoms with E-state index in [2.05, 4.69) is 22.3 Å². The number of hydrogen-bond donors (Lipinski definition) is 4. The van der Waals surface area contributed by atoms with Crippen molar-refractivity contribution in [3.8, 4) is 11.5 Å². The van der Waals surface area contributed by atoms with Gasteiger partial charge in [-0.15, -0.1) is 12.6 Å². The lowest BCUT2D eigenvalue weighted by molar-refractivity contribution is 0.176. The average Bonchev–Trinajstić information content (AvgIpc) is 2.76. The molecule has 0 aromatic heterocycles. The predicted molar refractivity (Wildman–Crippen MR) is 124 cm³/mol. The maximum Gasteiger partial charge on any atom is 0.157 e. The molecule has 1 heterocycles. The third-order valence-corrected chi connectivity index (χ3v) is 6.32. The molecule has 30 heavy (non-hydrogen) atoms. The summed E-state index contributed by atoms with van der Waals surface area (Å²) in [6, 6.07) is 21.4. The van der Waals surface area contributed by atoms with Gasteiger partial charge in [-0.3, -0.25) is 10.2 Å². The first-order valence-corrected chi connectivity index (χ1v) is 10.9. The molecule has 4 nitrogen and oxygen atoms in total. The van der Waals surface area contributed by atoms with Crippen LogP contribution in [0.5, 0.6) is 11.5 Å². The van der Waals surface area contributed by atoms with Crippen LogP contribution in [0.25, 0.3) is 0 Å². The molecule has 3 N–H and O–H groups in total. The topological polar surface area (TPSA) is 55.7 Å². The molecule has 0 amide bonds. The lowest BCUT2D eigenvalue weighted by atomic mass is 9.88. The fourth-order valence-corrected chi connectivity index (χ4v) is 4.55. The first kappa shape index (κ1) is 21.1. The molecule has 1 aliphatic rings. The summed E-state index contributed by atoms with van der Waals surface area (Å²) < 4.78 is 0. The number of phenols is 2. The van der Waals surface area contributed by atoms with Crippen LogP contribution in [0.1, 0.15) is 28.3 Å². The third-order valence-electron chi connectivity index (χ3n) is 5.59. The van der Waals surface area contributed by atoms with E-state index in [4.69, 9.17) is 24.2 Å². The van der Waals surface area contributed by atoms with E-state index < -0.39 is 0 Å². The van der Waals surface area contributed by atoms with Gasteiger partial charge in [0, 0.05) is 18.1 Å². The van der Waals surface area contributed by atoms with Crippen LogP contribution in [0.2, 0.25) is 5.02 Å². The molecule has 0 aliphatic carbocycles. The van der Waals surface area contributed by atoms with E-state index in [0.717, 1.165) is 47.6 Å². The Morgan fingerprint density at radius 3 is 2.47 bits per heavy atom.